The molecule has 148 valence electrons. The van der Waals surface area contributed by atoms with Gasteiger partial charge in [0.25, 0.3) is 5.56 Å². The normalized spacial score (nSPS) is 12.4. The molecule has 0 saturated carbocycles. The highest BCUT2D eigenvalue weighted by Crippen LogP contribution is 2.23. The lowest BCUT2D eigenvalue weighted by atomic mass is 10.0. The fourth-order valence-corrected chi connectivity index (χ4v) is 3.83. The molecule has 1 aromatic carbocycles. The number of benzene rings is 1. The van der Waals surface area contributed by atoms with E-state index in [2.05, 4.69) is 20.4 Å². The lowest BCUT2D eigenvalue weighted by molar-refractivity contribution is -0.123. The highest BCUT2D eigenvalue weighted by molar-refractivity contribution is 7.13. The molecule has 4 aromatic rings. The number of nitrogens with one attached hydrogen (secondary N) is 2. The number of imidazole rings is 1. The first-order valence-electron chi connectivity index (χ1n) is 9.37. The summed E-state index contributed by atoms with van der Waals surface area (Å²) >= 11 is 1.53. The second-order valence-corrected chi connectivity index (χ2v) is 8.07. The highest BCUT2D eigenvalue weighted by Gasteiger charge is 2.22. The molecule has 0 aliphatic heterocycles. The van der Waals surface area contributed by atoms with Crippen LogP contribution in [0, 0.1) is 5.92 Å². The van der Waals surface area contributed by atoms with Crippen LogP contribution in [-0.4, -0.2) is 25.7 Å². The van der Waals surface area contributed by atoms with Crippen LogP contribution in [0.4, 0.5) is 0 Å². The van der Waals surface area contributed by atoms with Crippen LogP contribution in [0.3, 0.4) is 0 Å². The molecule has 8 heteroatoms. The van der Waals surface area contributed by atoms with Crippen LogP contribution in [0.15, 0.2) is 58.7 Å². The van der Waals surface area contributed by atoms with Gasteiger partial charge in [0.2, 0.25) is 5.91 Å². The van der Waals surface area contributed by atoms with Gasteiger partial charge in [-0.2, -0.15) is 5.10 Å². The van der Waals surface area contributed by atoms with Gasteiger partial charge in [-0.15, -0.1) is 11.3 Å². The Labute approximate surface area is 171 Å². The molecule has 2 N–H and O–H groups in total. The first kappa shape index (κ1) is 19.1. The van der Waals surface area contributed by atoms with E-state index in [4.69, 9.17) is 0 Å². The van der Waals surface area contributed by atoms with Crippen LogP contribution >= 0.6 is 11.3 Å². The Morgan fingerprint density at radius 1 is 1.17 bits per heavy atom. The Kier molecular flexibility index (Phi) is 5.26. The summed E-state index contributed by atoms with van der Waals surface area (Å²) in [4.78, 5) is 33.7. The molecule has 29 heavy (non-hydrogen) atoms. The Morgan fingerprint density at radius 2 is 2.00 bits per heavy atom. The van der Waals surface area contributed by atoms with Gasteiger partial charge in [-0.1, -0.05) is 32.0 Å². The number of carbonyl (C=O) groups is 1. The van der Waals surface area contributed by atoms with E-state index in [1.165, 1.54) is 22.1 Å². The third-order valence-corrected chi connectivity index (χ3v) is 5.51. The lowest BCUT2D eigenvalue weighted by Gasteiger charge is -2.20. The Bertz CT molecular complexity index is 1160. The van der Waals surface area contributed by atoms with E-state index < -0.39 is 0 Å². The van der Waals surface area contributed by atoms with Gasteiger partial charge >= 0.3 is 0 Å². The molecule has 7 nitrogen and oxygen atoms in total. The third kappa shape index (κ3) is 4.12. The molecule has 0 spiro atoms. The van der Waals surface area contributed by atoms with Crippen molar-refractivity contribution >= 4 is 28.3 Å². The van der Waals surface area contributed by atoms with Gasteiger partial charge in [0, 0.05) is 6.07 Å². The Hall–Kier alpha value is -3.26. The number of H-pyrrole nitrogens is 1. The van der Waals surface area contributed by atoms with Gasteiger partial charge in [0.05, 0.1) is 22.0 Å². The zero-order chi connectivity index (χ0) is 20.4. The van der Waals surface area contributed by atoms with E-state index in [1.54, 1.807) is 6.07 Å². The van der Waals surface area contributed by atoms with Crippen molar-refractivity contribution in [3.63, 3.8) is 0 Å². The van der Waals surface area contributed by atoms with Crippen LogP contribution < -0.4 is 10.9 Å². The minimum absolute atomic E-state index is 0.113. The number of thiophene rings is 1. The number of carbonyl (C=O) groups excluding carboxylic acids is 1. The molecule has 1 unspecified atom stereocenters. The number of hydrogen-bond donors (Lipinski definition) is 2. The van der Waals surface area contributed by atoms with Crippen LogP contribution in [0.5, 0.6) is 0 Å². The van der Waals surface area contributed by atoms with Gasteiger partial charge in [-0.05, 0) is 35.6 Å². The number of aromatic amines is 1. The second-order valence-electron chi connectivity index (χ2n) is 7.12. The maximum Gasteiger partial charge on any atom is 0.267 e. The molecule has 4 rings (SSSR count). The number of aromatic nitrogens is 4. The summed E-state index contributed by atoms with van der Waals surface area (Å²) in [5.74, 6) is 0.519. The number of hydrogen-bond acceptors (Lipinski definition) is 5. The van der Waals surface area contributed by atoms with E-state index in [9.17, 15) is 9.59 Å². The summed E-state index contributed by atoms with van der Waals surface area (Å²) in [5, 5.41) is 9.28. The van der Waals surface area contributed by atoms with Gasteiger partial charge < -0.3 is 10.3 Å². The topological polar surface area (TPSA) is 92.7 Å². The van der Waals surface area contributed by atoms with E-state index >= 15 is 0 Å². The van der Waals surface area contributed by atoms with Gasteiger partial charge in [0.15, 0.2) is 0 Å². The monoisotopic (exact) mass is 407 g/mol. The van der Waals surface area contributed by atoms with Crippen molar-refractivity contribution in [1.82, 2.24) is 25.1 Å². The number of nitrogens with zero attached hydrogens (tertiary/aromatic N) is 3. The first-order chi connectivity index (χ1) is 14.0. The van der Waals surface area contributed by atoms with Crippen molar-refractivity contribution in [2.24, 2.45) is 5.92 Å². The van der Waals surface area contributed by atoms with Gasteiger partial charge in [-0.25, -0.2) is 9.67 Å². The van der Waals surface area contributed by atoms with Crippen LogP contribution in [0.25, 0.3) is 21.6 Å². The number of fused-ring (bicyclic) bond motifs is 1. The number of para-hydroxylation sites is 2. The smallest absolute Gasteiger partial charge is 0.267 e. The molecule has 0 saturated heterocycles. The standard InChI is InChI=1S/C21H21N5O2S/c1-13(2)20(21-22-14-6-3-4-7-15(14)23-21)24-18(27)12-26-19(28)10-9-16(25-26)17-8-5-11-29-17/h3-11,13,20H,12H2,1-2H3,(H,22,23)(H,24,27). The number of rotatable bonds is 6. The lowest BCUT2D eigenvalue weighted by Crippen LogP contribution is -2.37. The van der Waals surface area contributed by atoms with Gasteiger partial charge in [-0.3, -0.25) is 9.59 Å². The summed E-state index contributed by atoms with van der Waals surface area (Å²) < 4.78 is 1.19. The highest BCUT2D eigenvalue weighted by atomic mass is 32.1. The summed E-state index contributed by atoms with van der Waals surface area (Å²) in [6, 6.07) is 14.4. The maximum absolute atomic E-state index is 12.7. The summed E-state index contributed by atoms with van der Waals surface area (Å²) in [6.07, 6.45) is 0. The quantitative estimate of drug-likeness (QED) is 0.513. The average Bonchev–Trinajstić information content (AvgIpc) is 3.37. The van der Waals surface area contributed by atoms with Crippen molar-refractivity contribution in [1.29, 1.82) is 0 Å². The zero-order valence-corrected chi connectivity index (χ0v) is 16.9. The summed E-state index contributed by atoms with van der Waals surface area (Å²) in [5.41, 5.74) is 2.13. The SMILES string of the molecule is CC(C)C(NC(=O)Cn1nc(-c2cccs2)ccc1=O)c1nc2ccccc2[nH]1. The number of amides is 1. The second kappa shape index (κ2) is 8.00. The average molecular weight is 407 g/mol. The van der Waals surface area contributed by atoms with Crippen LogP contribution in [0.1, 0.15) is 25.7 Å². The largest absolute Gasteiger partial charge is 0.344 e. The zero-order valence-electron chi connectivity index (χ0n) is 16.1. The summed E-state index contributed by atoms with van der Waals surface area (Å²) in [7, 11) is 0. The molecular weight excluding hydrogens is 386 g/mol. The molecule has 0 aliphatic rings. The maximum atomic E-state index is 12.7. The summed E-state index contributed by atoms with van der Waals surface area (Å²) in [6.45, 7) is 3.88. The van der Waals surface area contributed by atoms with E-state index in [1.807, 2.05) is 55.6 Å². The van der Waals surface area contributed by atoms with Crippen LogP contribution in [-0.2, 0) is 11.3 Å². The van der Waals surface area contributed by atoms with Crippen molar-refractivity contribution in [3.05, 3.63) is 70.1 Å². The minimum Gasteiger partial charge on any atom is -0.344 e. The third-order valence-electron chi connectivity index (χ3n) is 4.62. The molecule has 0 radical (unpaired) electrons. The van der Waals surface area contributed by atoms with Crippen molar-refractivity contribution in [2.45, 2.75) is 26.4 Å². The molecule has 1 amide bonds. The molecule has 0 fully saturated rings. The van der Waals surface area contributed by atoms with E-state index in [0.717, 1.165) is 15.9 Å². The predicted molar refractivity (Wildman–Crippen MR) is 114 cm³/mol. The van der Waals surface area contributed by atoms with Crippen molar-refractivity contribution < 1.29 is 4.79 Å². The minimum atomic E-state index is -0.315. The fourth-order valence-electron chi connectivity index (χ4n) is 3.14. The first-order valence-corrected chi connectivity index (χ1v) is 10.3. The fraction of sp³-hybridized carbons (Fsp3) is 0.238. The Morgan fingerprint density at radius 3 is 2.72 bits per heavy atom. The molecule has 0 bridgehead atoms. The van der Waals surface area contributed by atoms with Crippen molar-refractivity contribution in [3.8, 4) is 10.6 Å². The van der Waals surface area contributed by atoms with Crippen molar-refractivity contribution in [2.75, 3.05) is 0 Å². The predicted octanol–water partition coefficient (Wildman–Crippen LogP) is 3.36. The Balaban J connectivity index is 1.54. The van der Waals surface area contributed by atoms with E-state index in [-0.39, 0.29) is 30.0 Å². The van der Waals surface area contributed by atoms with Gasteiger partial charge in [0.1, 0.15) is 18.1 Å². The molecule has 0 aliphatic carbocycles. The molecule has 3 aromatic heterocycles. The molecule has 1 atom stereocenters. The molecular formula is C21H21N5O2S. The molecule has 3 heterocycles. The van der Waals surface area contributed by atoms with Crippen LogP contribution in [0.2, 0.25) is 0 Å². The van der Waals surface area contributed by atoms with E-state index in [0.29, 0.717) is 11.5 Å².